The Labute approximate surface area is 149 Å². The average molecular weight is 348 g/mol. The van der Waals surface area contributed by atoms with Crippen molar-refractivity contribution in [2.24, 2.45) is 17.8 Å². The van der Waals surface area contributed by atoms with Gasteiger partial charge in [0.15, 0.2) is 12.7 Å². The van der Waals surface area contributed by atoms with Crippen LogP contribution in [0.25, 0.3) is 0 Å². The Balaban J connectivity index is 1.84. The van der Waals surface area contributed by atoms with Gasteiger partial charge in [0.2, 0.25) is 0 Å². The normalized spacial score (nSPS) is 24.6. The van der Waals surface area contributed by atoms with Crippen molar-refractivity contribution >= 4 is 11.9 Å². The quantitative estimate of drug-likeness (QED) is 0.799. The van der Waals surface area contributed by atoms with Crippen LogP contribution in [0.5, 0.6) is 0 Å². The molecule has 4 atom stereocenters. The first-order valence-corrected chi connectivity index (χ1v) is 8.97. The highest BCUT2D eigenvalue weighted by Crippen LogP contribution is 2.35. The van der Waals surface area contributed by atoms with E-state index in [1.54, 1.807) is 30.3 Å². The van der Waals surface area contributed by atoms with Crippen LogP contribution in [0.1, 0.15) is 51.7 Å². The number of hydrogen-bond acceptors (Lipinski definition) is 5. The van der Waals surface area contributed by atoms with Crippen molar-refractivity contribution in [3.05, 3.63) is 35.9 Å². The molecular weight excluding hydrogens is 320 g/mol. The van der Waals surface area contributed by atoms with Gasteiger partial charge in [-0.3, -0.25) is 0 Å². The molecule has 1 N–H and O–H groups in total. The molecule has 5 nitrogen and oxygen atoms in total. The number of aliphatic hydroxyl groups excluding tert-OH is 1. The monoisotopic (exact) mass is 348 g/mol. The number of aliphatic hydroxyl groups is 1. The zero-order valence-electron chi connectivity index (χ0n) is 15.2. The van der Waals surface area contributed by atoms with E-state index in [0.717, 1.165) is 19.3 Å². The molecule has 1 aromatic carbocycles. The van der Waals surface area contributed by atoms with Crippen LogP contribution in [0.2, 0.25) is 0 Å². The van der Waals surface area contributed by atoms with Gasteiger partial charge < -0.3 is 14.6 Å². The van der Waals surface area contributed by atoms with Gasteiger partial charge in [0.05, 0.1) is 0 Å². The number of esters is 2. The lowest BCUT2D eigenvalue weighted by molar-refractivity contribution is -0.170. The number of carbonyl (C=O) groups is 2. The fourth-order valence-corrected chi connectivity index (χ4v) is 3.43. The number of benzene rings is 1. The summed E-state index contributed by atoms with van der Waals surface area (Å²) in [7, 11) is 0. The van der Waals surface area contributed by atoms with Crippen LogP contribution in [-0.4, -0.2) is 29.8 Å². The highest BCUT2D eigenvalue weighted by atomic mass is 16.6. The Kier molecular flexibility index (Phi) is 7.00. The summed E-state index contributed by atoms with van der Waals surface area (Å²) in [5.41, 5.74) is 0.432. The molecule has 0 heterocycles. The maximum atomic E-state index is 12.1. The molecule has 1 unspecified atom stereocenters. The van der Waals surface area contributed by atoms with Gasteiger partial charge in [0, 0.05) is 0 Å². The molecule has 0 saturated heterocycles. The Bertz CT molecular complexity index is 569. The topological polar surface area (TPSA) is 72.8 Å². The first kappa shape index (κ1) is 19.4. The standard InChI is InChI=1S/C20H28O5/c1-13(2)16-10-9-14(3)11-17(16)25-18(21)12-24-20(23)19(22)15-7-5-4-6-8-15/h4-8,13-14,16-17,19,22H,9-12H2,1-3H3/t14-,16+,17-,19?/m1/s1. The van der Waals surface area contributed by atoms with E-state index < -0.39 is 24.6 Å². The Morgan fingerprint density at radius 1 is 1.20 bits per heavy atom. The Morgan fingerprint density at radius 2 is 1.88 bits per heavy atom. The van der Waals surface area contributed by atoms with E-state index in [4.69, 9.17) is 9.47 Å². The average Bonchev–Trinajstić information content (AvgIpc) is 2.59. The third-order valence-corrected chi connectivity index (χ3v) is 4.91. The highest BCUT2D eigenvalue weighted by Gasteiger charge is 2.33. The molecule has 1 aliphatic rings. The molecule has 1 aliphatic carbocycles. The van der Waals surface area contributed by atoms with Crippen LogP contribution in [-0.2, 0) is 19.1 Å². The van der Waals surface area contributed by atoms with Crippen LogP contribution >= 0.6 is 0 Å². The van der Waals surface area contributed by atoms with Gasteiger partial charge in [-0.15, -0.1) is 0 Å². The van der Waals surface area contributed by atoms with E-state index in [0.29, 0.717) is 23.3 Å². The molecule has 25 heavy (non-hydrogen) atoms. The predicted molar refractivity (Wildman–Crippen MR) is 93.6 cm³/mol. The second kappa shape index (κ2) is 8.99. The first-order valence-electron chi connectivity index (χ1n) is 8.97. The molecule has 1 saturated carbocycles. The summed E-state index contributed by atoms with van der Waals surface area (Å²) in [4.78, 5) is 24.0. The highest BCUT2D eigenvalue weighted by molar-refractivity contribution is 5.80. The maximum Gasteiger partial charge on any atom is 0.344 e. The van der Waals surface area contributed by atoms with Gasteiger partial charge in [-0.05, 0) is 36.2 Å². The second-order valence-electron chi connectivity index (χ2n) is 7.28. The van der Waals surface area contributed by atoms with Gasteiger partial charge in [-0.2, -0.15) is 0 Å². The predicted octanol–water partition coefficient (Wildman–Crippen LogP) is 3.27. The zero-order valence-corrected chi connectivity index (χ0v) is 15.2. The summed E-state index contributed by atoms with van der Waals surface area (Å²) in [6, 6.07) is 8.48. The van der Waals surface area contributed by atoms with Crippen molar-refractivity contribution in [1.82, 2.24) is 0 Å². The van der Waals surface area contributed by atoms with Gasteiger partial charge in [0.1, 0.15) is 6.10 Å². The largest absolute Gasteiger partial charge is 0.460 e. The van der Waals surface area contributed by atoms with Gasteiger partial charge in [-0.1, -0.05) is 57.5 Å². The molecule has 5 heteroatoms. The molecule has 0 radical (unpaired) electrons. The smallest absolute Gasteiger partial charge is 0.344 e. The van der Waals surface area contributed by atoms with E-state index in [-0.39, 0.29) is 6.10 Å². The van der Waals surface area contributed by atoms with Crippen molar-refractivity contribution in [3.63, 3.8) is 0 Å². The Hall–Kier alpha value is -1.88. The zero-order chi connectivity index (χ0) is 18.4. The van der Waals surface area contributed by atoms with Crippen LogP contribution < -0.4 is 0 Å². The van der Waals surface area contributed by atoms with Crippen LogP contribution in [0.15, 0.2) is 30.3 Å². The first-order chi connectivity index (χ1) is 11.9. The molecule has 0 bridgehead atoms. The molecule has 2 rings (SSSR count). The van der Waals surface area contributed by atoms with E-state index in [2.05, 4.69) is 20.8 Å². The third kappa shape index (κ3) is 5.56. The lowest BCUT2D eigenvalue weighted by Crippen LogP contribution is -2.37. The van der Waals surface area contributed by atoms with Crippen molar-refractivity contribution < 1.29 is 24.2 Å². The Morgan fingerprint density at radius 3 is 2.52 bits per heavy atom. The van der Waals surface area contributed by atoms with Crippen LogP contribution in [0, 0.1) is 17.8 Å². The molecule has 0 aliphatic heterocycles. The number of rotatable bonds is 6. The molecule has 138 valence electrons. The third-order valence-electron chi connectivity index (χ3n) is 4.91. The van der Waals surface area contributed by atoms with Crippen molar-refractivity contribution in [2.75, 3.05) is 6.61 Å². The summed E-state index contributed by atoms with van der Waals surface area (Å²) in [5, 5.41) is 9.95. The van der Waals surface area contributed by atoms with Gasteiger partial charge in [0.25, 0.3) is 0 Å². The van der Waals surface area contributed by atoms with Crippen LogP contribution in [0.3, 0.4) is 0 Å². The van der Waals surface area contributed by atoms with Gasteiger partial charge in [-0.25, -0.2) is 9.59 Å². The van der Waals surface area contributed by atoms with Crippen molar-refractivity contribution in [1.29, 1.82) is 0 Å². The summed E-state index contributed by atoms with van der Waals surface area (Å²) in [6.07, 6.45) is 1.51. The van der Waals surface area contributed by atoms with Crippen molar-refractivity contribution in [3.8, 4) is 0 Å². The second-order valence-corrected chi connectivity index (χ2v) is 7.28. The summed E-state index contributed by atoms with van der Waals surface area (Å²) in [5.74, 6) is -0.104. The molecule has 0 amide bonds. The van der Waals surface area contributed by atoms with E-state index >= 15 is 0 Å². The molecule has 0 spiro atoms. The minimum atomic E-state index is -1.40. The fraction of sp³-hybridized carbons (Fsp3) is 0.600. The molecular formula is C20H28O5. The summed E-state index contributed by atoms with van der Waals surface area (Å²) >= 11 is 0. The lowest BCUT2D eigenvalue weighted by atomic mass is 9.75. The fourth-order valence-electron chi connectivity index (χ4n) is 3.43. The lowest BCUT2D eigenvalue weighted by Gasteiger charge is -2.36. The molecule has 1 fully saturated rings. The van der Waals surface area contributed by atoms with Gasteiger partial charge >= 0.3 is 11.9 Å². The van der Waals surface area contributed by atoms with E-state index in [1.165, 1.54) is 0 Å². The molecule has 1 aromatic rings. The van der Waals surface area contributed by atoms with Crippen LogP contribution in [0.4, 0.5) is 0 Å². The summed E-state index contributed by atoms with van der Waals surface area (Å²) in [6.45, 7) is 5.96. The summed E-state index contributed by atoms with van der Waals surface area (Å²) < 4.78 is 10.5. The maximum absolute atomic E-state index is 12.1. The number of hydrogen-bond donors (Lipinski definition) is 1. The minimum absolute atomic E-state index is 0.131. The number of carbonyl (C=O) groups excluding carboxylic acids is 2. The van der Waals surface area contributed by atoms with Crippen molar-refractivity contribution in [2.45, 2.75) is 52.2 Å². The molecule has 0 aromatic heterocycles. The number of ether oxygens (including phenoxy) is 2. The van der Waals surface area contributed by atoms with E-state index in [1.807, 2.05) is 0 Å². The SMILES string of the molecule is CC(C)[C@@H]1CC[C@@H](C)C[C@H]1OC(=O)COC(=O)C(O)c1ccccc1. The minimum Gasteiger partial charge on any atom is -0.460 e. The van der Waals surface area contributed by atoms with E-state index in [9.17, 15) is 14.7 Å².